The van der Waals surface area contributed by atoms with Gasteiger partial charge in [-0.15, -0.1) is 0 Å². The molecule has 0 saturated carbocycles. The van der Waals surface area contributed by atoms with E-state index in [9.17, 15) is 4.79 Å². The zero-order chi connectivity index (χ0) is 22.1. The third-order valence-corrected chi connectivity index (χ3v) is 6.57. The fourth-order valence-corrected chi connectivity index (χ4v) is 4.64. The molecule has 2 aliphatic rings. The quantitative estimate of drug-likeness (QED) is 0.680. The molecule has 8 nitrogen and oxygen atoms in total. The lowest BCUT2D eigenvalue weighted by Gasteiger charge is -2.38. The van der Waals surface area contributed by atoms with Gasteiger partial charge in [0.05, 0.1) is 5.41 Å². The second-order valence-electron chi connectivity index (χ2n) is 8.76. The molecule has 0 aromatic carbocycles. The van der Waals surface area contributed by atoms with E-state index in [1.165, 1.54) is 0 Å². The van der Waals surface area contributed by atoms with E-state index in [1.54, 1.807) is 18.6 Å². The maximum atomic E-state index is 12.7. The Morgan fingerprint density at radius 1 is 1.00 bits per heavy atom. The number of piperidine rings is 1. The van der Waals surface area contributed by atoms with Crippen molar-refractivity contribution in [2.24, 2.45) is 5.41 Å². The number of carbonyl (C=O) groups excluding carboxylic acids is 1. The molecular formula is C24H27N7O. The van der Waals surface area contributed by atoms with Gasteiger partial charge in [0.25, 0.3) is 0 Å². The molecule has 5 rings (SSSR count). The number of aromatic nitrogens is 4. The summed E-state index contributed by atoms with van der Waals surface area (Å²) in [6, 6.07) is 9.75. The second kappa shape index (κ2) is 8.18. The van der Waals surface area contributed by atoms with Crippen LogP contribution in [0.4, 0.5) is 17.5 Å². The van der Waals surface area contributed by atoms with Gasteiger partial charge in [-0.2, -0.15) is 0 Å². The smallest absolute Gasteiger partial charge is 0.228 e. The molecule has 1 amide bonds. The first-order valence-corrected chi connectivity index (χ1v) is 11.0. The van der Waals surface area contributed by atoms with Crippen molar-refractivity contribution in [3.63, 3.8) is 0 Å². The zero-order valence-corrected chi connectivity index (χ0v) is 18.5. The molecule has 32 heavy (non-hydrogen) atoms. The number of aryl methyl sites for hydroxylation is 1. The maximum absolute atomic E-state index is 12.7. The SMILES string of the molecule is Cc1ccnc(Nc2cc(N3CCC4(CCN(C)C4=O)CC3)nc(-c3cccnc3)n2)c1. The fraction of sp³-hybridized carbons (Fsp3) is 0.375. The van der Waals surface area contributed by atoms with Crippen LogP contribution in [0.5, 0.6) is 0 Å². The Balaban J connectivity index is 1.44. The van der Waals surface area contributed by atoms with Gasteiger partial charge in [0.1, 0.15) is 17.5 Å². The third-order valence-electron chi connectivity index (χ3n) is 6.57. The number of hydrogen-bond donors (Lipinski definition) is 1. The molecule has 3 aromatic rings. The third kappa shape index (κ3) is 3.88. The van der Waals surface area contributed by atoms with E-state index in [4.69, 9.17) is 9.97 Å². The van der Waals surface area contributed by atoms with E-state index in [2.05, 4.69) is 20.2 Å². The van der Waals surface area contributed by atoms with Gasteiger partial charge in [-0.05, 0) is 56.0 Å². The number of hydrogen-bond acceptors (Lipinski definition) is 7. The van der Waals surface area contributed by atoms with Gasteiger partial charge in [-0.3, -0.25) is 9.78 Å². The van der Waals surface area contributed by atoms with Gasteiger partial charge in [0.2, 0.25) is 5.91 Å². The molecule has 2 saturated heterocycles. The zero-order valence-electron chi connectivity index (χ0n) is 18.5. The lowest BCUT2D eigenvalue weighted by Crippen LogP contribution is -2.44. The van der Waals surface area contributed by atoms with Crippen molar-refractivity contribution in [1.82, 2.24) is 24.8 Å². The van der Waals surface area contributed by atoms with E-state index < -0.39 is 0 Å². The first kappa shape index (κ1) is 20.4. The molecule has 0 aliphatic carbocycles. The van der Waals surface area contributed by atoms with Crippen LogP contribution < -0.4 is 10.2 Å². The van der Waals surface area contributed by atoms with Crippen LogP contribution >= 0.6 is 0 Å². The van der Waals surface area contributed by atoms with Crippen LogP contribution in [-0.4, -0.2) is 57.4 Å². The minimum absolute atomic E-state index is 0.197. The monoisotopic (exact) mass is 429 g/mol. The number of amides is 1. The molecule has 5 heterocycles. The van der Waals surface area contributed by atoms with Gasteiger partial charge in [-0.25, -0.2) is 15.0 Å². The lowest BCUT2D eigenvalue weighted by atomic mass is 9.77. The Morgan fingerprint density at radius 3 is 2.50 bits per heavy atom. The van der Waals surface area contributed by atoms with E-state index in [-0.39, 0.29) is 5.41 Å². The maximum Gasteiger partial charge on any atom is 0.228 e. The molecule has 164 valence electrons. The minimum atomic E-state index is -0.197. The Hall–Kier alpha value is -3.55. The summed E-state index contributed by atoms with van der Waals surface area (Å²) in [5.41, 5.74) is 1.78. The Labute approximate surface area is 187 Å². The molecule has 8 heteroatoms. The number of anilines is 3. The molecule has 2 fully saturated rings. The number of nitrogens with zero attached hydrogens (tertiary/aromatic N) is 6. The average molecular weight is 430 g/mol. The van der Waals surface area contributed by atoms with E-state index in [0.29, 0.717) is 17.5 Å². The topological polar surface area (TPSA) is 87.1 Å². The number of likely N-dealkylation sites (tertiary alicyclic amines) is 1. The summed E-state index contributed by atoms with van der Waals surface area (Å²) < 4.78 is 0. The highest BCUT2D eigenvalue weighted by Crippen LogP contribution is 2.42. The van der Waals surface area contributed by atoms with Crippen molar-refractivity contribution >= 4 is 23.4 Å². The van der Waals surface area contributed by atoms with E-state index in [1.807, 2.05) is 49.2 Å². The first-order valence-electron chi connectivity index (χ1n) is 11.0. The van der Waals surface area contributed by atoms with Crippen molar-refractivity contribution < 1.29 is 4.79 Å². The molecule has 0 radical (unpaired) electrons. The number of rotatable bonds is 4. The molecule has 0 atom stereocenters. The lowest BCUT2D eigenvalue weighted by molar-refractivity contribution is -0.135. The molecule has 1 N–H and O–H groups in total. The van der Waals surface area contributed by atoms with Crippen molar-refractivity contribution in [3.8, 4) is 11.4 Å². The summed E-state index contributed by atoms with van der Waals surface area (Å²) in [7, 11) is 1.91. The van der Waals surface area contributed by atoms with Gasteiger partial charge in [0, 0.05) is 56.9 Å². The van der Waals surface area contributed by atoms with Crippen molar-refractivity contribution in [2.45, 2.75) is 26.2 Å². The van der Waals surface area contributed by atoms with Gasteiger partial charge in [-0.1, -0.05) is 0 Å². The largest absolute Gasteiger partial charge is 0.356 e. The summed E-state index contributed by atoms with van der Waals surface area (Å²) in [5, 5.41) is 3.33. The van der Waals surface area contributed by atoms with Crippen molar-refractivity contribution in [1.29, 1.82) is 0 Å². The van der Waals surface area contributed by atoms with Crippen LogP contribution in [0.15, 0.2) is 48.9 Å². The molecule has 1 spiro atoms. The standard InChI is InChI=1S/C24H27N7O/c1-17-5-10-26-19(14-17)27-20-15-21(29-22(28-20)18-4-3-9-25-16-18)31-12-7-24(8-13-31)6-11-30(2)23(24)32/h3-5,9-10,14-16H,6-8,11-13H2,1-2H3,(H,26,27,28,29). The molecule has 2 aliphatic heterocycles. The van der Waals surface area contributed by atoms with Gasteiger partial charge < -0.3 is 15.1 Å². The summed E-state index contributed by atoms with van der Waals surface area (Å²) in [6.07, 6.45) is 7.94. The predicted molar refractivity (Wildman–Crippen MR) is 124 cm³/mol. The average Bonchev–Trinajstić information content (AvgIpc) is 3.08. The summed E-state index contributed by atoms with van der Waals surface area (Å²) >= 11 is 0. The summed E-state index contributed by atoms with van der Waals surface area (Å²) in [6.45, 7) is 4.48. The fourth-order valence-electron chi connectivity index (χ4n) is 4.64. The molecular weight excluding hydrogens is 402 g/mol. The van der Waals surface area contributed by atoms with Gasteiger partial charge >= 0.3 is 0 Å². The first-order chi connectivity index (χ1) is 15.5. The van der Waals surface area contributed by atoms with Crippen LogP contribution in [-0.2, 0) is 4.79 Å². The van der Waals surface area contributed by atoms with Crippen LogP contribution in [0.2, 0.25) is 0 Å². The van der Waals surface area contributed by atoms with Crippen molar-refractivity contribution in [2.75, 3.05) is 36.9 Å². The summed E-state index contributed by atoms with van der Waals surface area (Å²) in [4.78, 5) is 35.0. The molecule has 0 bridgehead atoms. The second-order valence-corrected chi connectivity index (χ2v) is 8.76. The highest BCUT2D eigenvalue weighted by molar-refractivity contribution is 5.85. The van der Waals surface area contributed by atoms with Crippen LogP contribution in [0.3, 0.4) is 0 Å². The highest BCUT2D eigenvalue weighted by atomic mass is 16.2. The number of carbonyl (C=O) groups is 1. The summed E-state index contributed by atoms with van der Waals surface area (Å²) in [5.74, 6) is 3.18. The number of nitrogens with one attached hydrogen (secondary N) is 1. The van der Waals surface area contributed by atoms with Crippen LogP contribution in [0.1, 0.15) is 24.8 Å². The molecule has 0 unspecified atom stereocenters. The number of pyridine rings is 2. The highest BCUT2D eigenvalue weighted by Gasteiger charge is 2.47. The van der Waals surface area contributed by atoms with E-state index in [0.717, 1.165) is 61.7 Å². The molecule has 3 aromatic heterocycles. The van der Waals surface area contributed by atoms with E-state index >= 15 is 0 Å². The van der Waals surface area contributed by atoms with Gasteiger partial charge in [0.15, 0.2) is 5.82 Å². The van der Waals surface area contributed by atoms with Crippen LogP contribution in [0.25, 0.3) is 11.4 Å². The Bertz CT molecular complexity index is 1130. The Morgan fingerprint density at radius 2 is 1.81 bits per heavy atom. The van der Waals surface area contributed by atoms with Crippen LogP contribution in [0, 0.1) is 12.3 Å². The Kier molecular flexibility index (Phi) is 5.20. The normalized spacial score (nSPS) is 17.8. The van der Waals surface area contributed by atoms with Crippen molar-refractivity contribution in [3.05, 3.63) is 54.5 Å². The predicted octanol–water partition coefficient (Wildman–Crippen LogP) is 3.43. The minimum Gasteiger partial charge on any atom is -0.356 e.